The van der Waals surface area contributed by atoms with Crippen LogP contribution in [0, 0.1) is 24.7 Å². The molecule has 2 saturated heterocycles. The van der Waals surface area contributed by atoms with Crippen LogP contribution in [0.4, 0.5) is 11.6 Å². The molecule has 1 saturated carbocycles. The van der Waals surface area contributed by atoms with Crippen molar-refractivity contribution in [2.24, 2.45) is 17.8 Å². The second kappa shape index (κ2) is 6.96. The fourth-order valence-corrected chi connectivity index (χ4v) is 5.00. The summed E-state index contributed by atoms with van der Waals surface area (Å²) in [6, 6.07) is 6.34. The van der Waals surface area contributed by atoms with Gasteiger partial charge in [-0.15, -0.1) is 0 Å². The Balaban J connectivity index is 1.21. The molecule has 3 aromatic heterocycles. The summed E-state index contributed by atoms with van der Waals surface area (Å²) in [4.78, 5) is 28.5. The number of nitrogens with two attached hydrogens (primary N) is 1. The van der Waals surface area contributed by atoms with Crippen molar-refractivity contribution in [2.75, 3.05) is 37.4 Å². The van der Waals surface area contributed by atoms with Crippen molar-refractivity contribution in [3.63, 3.8) is 0 Å². The largest absolute Gasteiger partial charge is 0.383 e. The van der Waals surface area contributed by atoms with Crippen LogP contribution < -0.4 is 11.1 Å². The third-order valence-corrected chi connectivity index (χ3v) is 6.97. The molecule has 3 fully saturated rings. The summed E-state index contributed by atoms with van der Waals surface area (Å²) in [7, 11) is 0. The number of anilines is 2. The highest BCUT2D eigenvalue weighted by Crippen LogP contribution is 2.52. The van der Waals surface area contributed by atoms with Gasteiger partial charge in [-0.3, -0.25) is 14.7 Å². The minimum Gasteiger partial charge on any atom is -0.383 e. The zero-order chi connectivity index (χ0) is 21.1. The third kappa shape index (κ3) is 3.14. The lowest BCUT2D eigenvalue weighted by Crippen LogP contribution is -2.49. The Morgan fingerprint density at radius 2 is 2.03 bits per heavy atom. The van der Waals surface area contributed by atoms with E-state index in [0.717, 1.165) is 53.9 Å². The highest BCUT2D eigenvalue weighted by Gasteiger charge is 2.60. The number of carbonyl (C=O) groups excluding carboxylic acids is 1. The molecule has 31 heavy (non-hydrogen) atoms. The Bertz CT molecular complexity index is 1180. The SMILES string of the molecule is Cc1ccncc1-c1cc2cc(NC(=O)[C@H]3[C@@H]4CN(C5COC5)C[C@@H]43)ncc2c(N)n1. The second-order valence-corrected chi connectivity index (χ2v) is 8.86. The number of aryl methyl sites for hydroxylation is 1. The average Bonchev–Trinajstić information content (AvgIpc) is 3.22. The fraction of sp³-hybridized carbons (Fsp3) is 0.391. The first-order valence-electron chi connectivity index (χ1n) is 10.7. The van der Waals surface area contributed by atoms with Gasteiger partial charge < -0.3 is 15.8 Å². The topological polar surface area (TPSA) is 106 Å². The first-order chi connectivity index (χ1) is 15.1. The van der Waals surface area contributed by atoms with Crippen molar-refractivity contribution in [3.05, 3.63) is 42.4 Å². The fourth-order valence-electron chi connectivity index (χ4n) is 5.00. The zero-order valence-electron chi connectivity index (χ0n) is 17.3. The summed E-state index contributed by atoms with van der Waals surface area (Å²) in [5.41, 5.74) is 8.97. The molecule has 0 aromatic carbocycles. The van der Waals surface area contributed by atoms with E-state index in [1.54, 1.807) is 18.6 Å². The Morgan fingerprint density at radius 3 is 2.74 bits per heavy atom. The van der Waals surface area contributed by atoms with Crippen LogP contribution in [0.2, 0.25) is 0 Å². The summed E-state index contributed by atoms with van der Waals surface area (Å²) < 4.78 is 5.29. The number of pyridine rings is 3. The number of carbonyl (C=O) groups is 1. The van der Waals surface area contributed by atoms with Crippen LogP contribution in [0.3, 0.4) is 0 Å². The number of aromatic nitrogens is 3. The molecule has 1 aliphatic carbocycles. The predicted octanol–water partition coefficient (Wildman–Crippen LogP) is 2.10. The van der Waals surface area contributed by atoms with Crippen LogP contribution in [0.5, 0.6) is 0 Å². The Labute approximate surface area is 179 Å². The number of hydrogen-bond acceptors (Lipinski definition) is 7. The van der Waals surface area contributed by atoms with Gasteiger partial charge in [0.05, 0.1) is 24.9 Å². The van der Waals surface area contributed by atoms with Gasteiger partial charge >= 0.3 is 0 Å². The lowest BCUT2D eigenvalue weighted by Gasteiger charge is -2.35. The smallest absolute Gasteiger partial charge is 0.229 e. The first-order valence-corrected chi connectivity index (χ1v) is 10.7. The van der Waals surface area contributed by atoms with Crippen molar-refractivity contribution < 1.29 is 9.53 Å². The number of likely N-dealkylation sites (tertiary alicyclic amines) is 1. The first kappa shape index (κ1) is 18.7. The summed E-state index contributed by atoms with van der Waals surface area (Å²) >= 11 is 0. The number of rotatable bonds is 4. The molecule has 5 heterocycles. The third-order valence-electron chi connectivity index (χ3n) is 6.97. The van der Waals surface area contributed by atoms with Crippen molar-refractivity contribution in [1.29, 1.82) is 0 Å². The van der Waals surface area contributed by atoms with Crippen LogP contribution in [0.15, 0.2) is 36.8 Å². The number of fused-ring (bicyclic) bond motifs is 2. The van der Waals surface area contributed by atoms with E-state index in [4.69, 9.17) is 10.5 Å². The monoisotopic (exact) mass is 416 g/mol. The van der Waals surface area contributed by atoms with E-state index in [-0.39, 0.29) is 11.8 Å². The van der Waals surface area contributed by atoms with Gasteiger partial charge in [0.2, 0.25) is 5.91 Å². The molecule has 1 amide bonds. The molecule has 0 radical (unpaired) electrons. The zero-order valence-corrected chi connectivity index (χ0v) is 17.3. The van der Waals surface area contributed by atoms with Gasteiger partial charge in [-0.25, -0.2) is 9.97 Å². The van der Waals surface area contributed by atoms with Gasteiger partial charge in [0.25, 0.3) is 0 Å². The summed E-state index contributed by atoms with van der Waals surface area (Å²) in [6.07, 6.45) is 5.23. The standard InChI is InChI=1S/C23H24N6O2/c1-12-2-3-25-6-15(12)19-4-13-5-20(26-7-16(13)22(24)27-19)28-23(30)21-17-8-29(9-18(17)21)14-10-31-11-14/h2-7,14,17-18,21H,8-11H2,1H3,(H2,24,27)(H,26,28,30)/t17-,18+,21+. The Kier molecular flexibility index (Phi) is 4.19. The molecule has 3 aromatic rings. The van der Waals surface area contributed by atoms with E-state index < -0.39 is 0 Å². The highest BCUT2D eigenvalue weighted by atomic mass is 16.5. The average molecular weight is 416 g/mol. The molecule has 0 spiro atoms. The molecule has 0 unspecified atom stereocenters. The number of nitrogens with one attached hydrogen (secondary N) is 1. The van der Waals surface area contributed by atoms with E-state index in [0.29, 0.717) is 29.5 Å². The van der Waals surface area contributed by atoms with Crippen LogP contribution >= 0.6 is 0 Å². The van der Waals surface area contributed by atoms with Gasteiger partial charge in [-0.05, 0) is 47.9 Å². The minimum absolute atomic E-state index is 0.0664. The van der Waals surface area contributed by atoms with Gasteiger partial charge in [-0.1, -0.05) is 0 Å². The lowest BCUT2D eigenvalue weighted by atomic mass is 10.1. The summed E-state index contributed by atoms with van der Waals surface area (Å²) in [5, 5.41) is 4.68. The number of nitrogen functional groups attached to an aromatic ring is 1. The van der Waals surface area contributed by atoms with Crippen LogP contribution in [0.1, 0.15) is 5.56 Å². The number of nitrogens with zero attached hydrogens (tertiary/aromatic N) is 4. The van der Waals surface area contributed by atoms with Gasteiger partial charge in [-0.2, -0.15) is 0 Å². The predicted molar refractivity (Wildman–Crippen MR) is 117 cm³/mol. The molecular formula is C23H24N6O2. The van der Waals surface area contributed by atoms with E-state index in [1.807, 2.05) is 25.1 Å². The number of piperidine rings is 1. The van der Waals surface area contributed by atoms with Crippen molar-refractivity contribution in [1.82, 2.24) is 19.9 Å². The maximum atomic E-state index is 12.8. The molecule has 158 valence electrons. The van der Waals surface area contributed by atoms with Gasteiger partial charge in [0.1, 0.15) is 11.6 Å². The van der Waals surface area contributed by atoms with E-state index in [9.17, 15) is 4.79 Å². The maximum Gasteiger partial charge on any atom is 0.229 e. The highest BCUT2D eigenvalue weighted by molar-refractivity contribution is 5.98. The molecule has 3 N–H and O–H groups in total. The van der Waals surface area contributed by atoms with E-state index >= 15 is 0 Å². The van der Waals surface area contributed by atoms with Crippen LogP contribution in [-0.2, 0) is 9.53 Å². The van der Waals surface area contributed by atoms with Gasteiger partial charge in [0, 0.05) is 48.5 Å². The molecule has 3 aliphatic rings. The number of hydrogen-bond donors (Lipinski definition) is 2. The number of ether oxygens (including phenoxy) is 1. The quantitative estimate of drug-likeness (QED) is 0.671. The second-order valence-electron chi connectivity index (χ2n) is 8.86. The maximum absolute atomic E-state index is 12.8. The molecule has 8 heteroatoms. The molecular weight excluding hydrogens is 392 g/mol. The molecule has 0 bridgehead atoms. The van der Waals surface area contributed by atoms with Crippen LogP contribution in [0.25, 0.3) is 22.0 Å². The molecule has 6 rings (SSSR count). The van der Waals surface area contributed by atoms with Crippen molar-refractivity contribution in [2.45, 2.75) is 13.0 Å². The molecule has 2 aliphatic heterocycles. The van der Waals surface area contributed by atoms with E-state index in [2.05, 4.69) is 25.2 Å². The molecule has 8 nitrogen and oxygen atoms in total. The summed E-state index contributed by atoms with van der Waals surface area (Å²) in [6.45, 7) is 5.67. The van der Waals surface area contributed by atoms with Crippen molar-refractivity contribution >= 4 is 28.3 Å². The van der Waals surface area contributed by atoms with E-state index in [1.165, 1.54) is 0 Å². The Hall–Kier alpha value is -3.10. The minimum atomic E-state index is 0.0664. The summed E-state index contributed by atoms with van der Waals surface area (Å²) in [5.74, 6) is 2.04. The molecule has 3 atom stereocenters. The lowest BCUT2D eigenvalue weighted by molar-refractivity contribution is -0.118. The van der Waals surface area contributed by atoms with Crippen LogP contribution in [-0.4, -0.2) is 58.1 Å². The Morgan fingerprint density at radius 1 is 1.23 bits per heavy atom. The normalized spacial score (nSPS) is 25.3. The number of amides is 1. The van der Waals surface area contributed by atoms with Crippen molar-refractivity contribution in [3.8, 4) is 11.3 Å². The van der Waals surface area contributed by atoms with Gasteiger partial charge in [0.15, 0.2) is 0 Å².